The SMILES string of the molecule is CCC(C)C(O)CNS(=O)(=O)c1cnn(-c2ccccc2F)c1. The number of sulfonamides is 1. The number of benzene rings is 1. The van der Waals surface area contributed by atoms with Gasteiger partial charge in [-0.1, -0.05) is 32.4 Å². The first kappa shape index (κ1) is 17.6. The Balaban J connectivity index is 2.14. The first-order valence-corrected chi connectivity index (χ1v) is 8.80. The smallest absolute Gasteiger partial charge is 0.243 e. The second-order valence-electron chi connectivity index (χ2n) is 5.38. The van der Waals surface area contributed by atoms with E-state index in [9.17, 15) is 17.9 Å². The summed E-state index contributed by atoms with van der Waals surface area (Å²) in [6.07, 6.45) is 2.35. The highest BCUT2D eigenvalue weighted by atomic mass is 32.2. The number of aliphatic hydroxyl groups excluding tert-OH is 1. The Hall–Kier alpha value is -1.77. The van der Waals surface area contributed by atoms with Crippen LogP contribution in [0.25, 0.3) is 5.69 Å². The number of aromatic nitrogens is 2. The fourth-order valence-corrected chi connectivity index (χ4v) is 2.95. The van der Waals surface area contributed by atoms with Crippen LogP contribution in [-0.2, 0) is 10.0 Å². The summed E-state index contributed by atoms with van der Waals surface area (Å²) in [6.45, 7) is 3.68. The first-order valence-electron chi connectivity index (χ1n) is 7.32. The minimum atomic E-state index is -3.81. The second kappa shape index (κ2) is 7.20. The number of hydrogen-bond acceptors (Lipinski definition) is 4. The lowest BCUT2D eigenvalue weighted by atomic mass is 10.0. The predicted molar refractivity (Wildman–Crippen MR) is 84.2 cm³/mol. The first-order chi connectivity index (χ1) is 10.8. The summed E-state index contributed by atoms with van der Waals surface area (Å²) in [6, 6.07) is 5.94. The maximum atomic E-state index is 13.7. The van der Waals surface area contributed by atoms with E-state index in [-0.39, 0.29) is 23.0 Å². The normalized spacial score (nSPS) is 14.6. The van der Waals surface area contributed by atoms with Crippen LogP contribution in [0.1, 0.15) is 20.3 Å². The lowest BCUT2D eigenvalue weighted by Gasteiger charge is -2.17. The van der Waals surface area contributed by atoms with Gasteiger partial charge < -0.3 is 5.11 Å². The van der Waals surface area contributed by atoms with Crippen molar-refractivity contribution in [1.29, 1.82) is 0 Å². The van der Waals surface area contributed by atoms with Gasteiger partial charge in [0.15, 0.2) is 0 Å². The van der Waals surface area contributed by atoms with Gasteiger partial charge in [-0.05, 0) is 18.1 Å². The number of aliphatic hydroxyl groups is 1. The van der Waals surface area contributed by atoms with Crippen molar-refractivity contribution >= 4 is 10.0 Å². The zero-order valence-electron chi connectivity index (χ0n) is 13.0. The number of para-hydroxylation sites is 1. The van der Waals surface area contributed by atoms with Gasteiger partial charge in [-0.25, -0.2) is 22.2 Å². The molecule has 0 saturated heterocycles. The summed E-state index contributed by atoms with van der Waals surface area (Å²) in [5.74, 6) is -0.515. The summed E-state index contributed by atoms with van der Waals surface area (Å²) in [5.41, 5.74) is 0.161. The number of nitrogens with zero attached hydrogens (tertiary/aromatic N) is 2. The van der Waals surface area contributed by atoms with E-state index in [2.05, 4.69) is 9.82 Å². The molecule has 0 radical (unpaired) electrons. The molecule has 0 saturated carbocycles. The van der Waals surface area contributed by atoms with E-state index in [4.69, 9.17) is 0 Å². The van der Waals surface area contributed by atoms with Crippen molar-refractivity contribution in [1.82, 2.24) is 14.5 Å². The molecule has 0 aliphatic heterocycles. The average Bonchev–Trinajstić information content (AvgIpc) is 3.03. The fraction of sp³-hybridized carbons (Fsp3) is 0.400. The summed E-state index contributed by atoms with van der Waals surface area (Å²) < 4.78 is 41.6. The Morgan fingerprint density at radius 1 is 1.39 bits per heavy atom. The molecule has 2 aromatic rings. The van der Waals surface area contributed by atoms with Crippen LogP contribution < -0.4 is 4.72 Å². The van der Waals surface area contributed by atoms with E-state index in [1.807, 2.05) is 13.8 Å². The molecule has 0 spiro atoms. The number of rotatable bonds is 7. The highest BCUT2D eigenvalue weighted by molar-refractivity contribution is 7.89. The Bertz CT molecular complexity index is 761. The van der Waals surface area contributed by atoms with Crippen LogP contribution >= 0.6 is 0 Å². The molecule has 2 atom stereocenters. The molecule has 8 heteroatoms. The molecule has 1 heterocycles. The van der Waals surface area contributed by atoms with E-state index in [0.717, 1.165) is 17.3 Å². The predicted octanol–water partition coefficient (Wildman–Crippen LogP) is 1.70. The Morgan fingerprint density at radius 2 is 2.09 bits per heavy atom. The van der Waals surface area contributed by atoms with Crippen molar-refractivity contribution in [3.8, 4) is 5.69 Å². The second-order valence-corrected chi connectivity index (χ2v) is 7.14. The van der Waals surface area contributed by atoms with Gasteiger partial charge in [0, 0.05) is 6.54 Å². The lowest BCUT2D eigenvalue weighted by molar-refractivity contribution is 0.118. The Labute approximate surface area is 135 Å². The molecular weight excluding hydrogens is 321 g/mol. The van der Waals surface area contributed by atoms with E-state index in [0.29, 0.717) is 0 Å². The van der Waals surface area contributed by atoms with Gasteiger partial charge in [-0.15, -0.1) is 0 Å². The molecule has 2 N–H and O–H groups in total. The zero-order chi connectivity index (χ0) is 17.0. The van der Waals surface area contributed by atoms with E-state index >= 15 is 0 Å². The number of nitrogens with one attached hydrogen (secondary N) is 1. The van der Waals surface area contributed by atoms with Crippen LogP contribution in [0, 0.1) is 11.7 Å². The van der Waals surface area contributed by atoms with E-state index < -0.39 is 21.9 Å². The molecule has 6 nitrogen and oxygen atoms in total. The molecule has 0 aliphatic carbocycles. The summed E-state index contributed by atoms with van der Waals surface area (Å²) in [4.78, 5) is -0.0860. The van der Waals surface area contributed by atoms with Crippen LogP contribution in [0.5, 0.6) is 0 Å². The lowest BCUT2D eigenvalue weighted by Crippen LogP contribution is -2.35. The quantitative estimate of drug-likeness (QED) is 0.803. The molecule has 23 heavy (non-hydrogen) atoms. The van der Waals surface area contributed by atoms with Crippen LogP contribution in [0.4, 0.5) is 4.39 Å². The molecule has 126 valence electrons. The minimum Gasteiger partial charge on any atom is -0.391 e. The van der Waals surface area contributed by atoms with Crippen molar-refractivity contribution in [2.75, 3.05) is 6.54 Å². The van der Waals surface area contributed by atoms with Crippen LogP contribution in [-0.4, -0.2) is 36.0 Å². The Morgan fingerprint density at radius 3 is 2.74 bits per heavy atom. The number of hydrogen-bond donors (Lipinski definition) is 2. The molecule has 0 fully saturated rings. The molecule has 0 amide bonds. The van der Waals surface area contributed by atoms with Crippen molar-refractivity contribution < 1.29 is 17.9 Å². The van der Waals surface area contributed by atoms with Gasteiger partial charge in [-0.2, -0.15) is 5.10 Å². The molecule has 0 aliphatic rings. The molecule has 2 unspecified atom stereocenters. The molecule has 1 aromatic heterocycles. The van der Waals surface area contributed by atoms with E-state index in [1.54, 1.807) is 6.07 Å². The van der Waals surface area contributed by atoms with E-state index in [1.165, 1.54) is 24.4 Å². The van der Waals surface area contributed by atoms with Crippen LogP contribution in [0.3, 0.4) is 0 Å². The third-order valence-corrected chi connectivity index (χ3v) is 5.13. The van der Waals surface area contributed by atoms with Crippen LogP contribution in [0.15, 0.2) is 41.6 Å². The van der Waals surface area contributed by atoms with Crippen molar-refractivity contribution in [3.63, 3.8) is 0 Å². The highest BCUT2D eigenvalue weighted by Crippen LogP contribution is 2.15. The van der Waals surface area contributed by atoms with Crippen LogP contribution in [0.2, 0.25) is 0 Å². The maximum Gasteiger partial charge on any atom is 0.243 e. The largest absolute Gasteiger partial charge is 0.391 e. The Kier molecular flexibility index (Phi) is 5.51. The van der Waals surface area contributed by atoms with Crippen molar-refractivity contribution in [2.45, 2.75) is 31.3 Å². The third kappa shape index (κ3) is 4.15. The van der Waals surface area contributed by atoms with Gasteiger partial charge in [-0.3, -0.25) is 0 Å². The third-order valence-electron chi connectivity index (χ3n) is 3.75. The minimum absolute atomic E-state index is 0.0150. The summed E-state index contributed by atoms with van der Waals surface area (Å²) in [7, 11) is -3.81. The summed E-state index contributed by atoms with van der Waals surface area (Å²) >= 11 is 0. The molecule has 2 rings (SSSR count). The standard InChI is InChI=1S/C15H20FN3O3S/c1-3-11(2)15(20)9-18-23(21,22)12-8-17-19(10-12)14-7-5-4-6-13(14)16/h4-8,10-11,15,18,20H,3,9H2,1-2H3. The average molecular weight is 341 g/mol. The van der Waals surface area contributed by atoms with Gasteiger partial charge in [0.2, 0.25) is 10.0 Å². The fourth-order valence-electron chi connectivity index (χ4n) is 1.97. The van der Waals surface area contributed by atoms with Gasteiger partial charge in [0.25, 0.3) is 0 Å². The zero-order valence-corrected chi connectivity index (χ0v) is 13.8. The maximum absolute atomic E-state index is 13.7. The van der Waals surface area contributed by atoms with Gasteiger partial charge in [0.1, 0.15) is 16.4 Å². The summed E-state index contributed by atoms with van der Waals surface area (Å²) in [5, 5.41) is 13.7. The molecule has 0 bridgehead atoms. The van der Waals surface area contributed by atoms with Crippen molar-refractivity contribution in [2.24, 2.45) is 5.92 Å². The highest BCUT2D eigenvalue weighted by Gasteiger charge is 2.20. The monoisotopic (exact) mass is 341 g/mol. The van der Waals surface area contributed by atoms with Crippen molar-refractivity contribution in [3.05, 3.63) is 42.5 Å². The topological polar surface area (TPSA) is 84.2 Å². The number of halogens is 1. The molecular formula is C15H20FN3O3S. The molecule has 1 aromatic carbocycles. The van der Waals surface area contributed by atoms with Gasteiger partial charge >= 0.3 is 0 Å². The van der Waals surface area contributed by atoms with Gasteiger partial charge in [0.05, 0.1) is 18.5 Å².